The van der Waals surface area contributed by atoms with Crippen molar-refractivity contribution in [2.24, 2.45) is 0 Å². The minimum atomic E-state index is -1.30. The molecule has 0 bridgehead atoms. The Hall–Kier alpha value is -1.34. The molecule has 3 unspecified atom stereocenters. The number of carboxylic acid groups (broad SMARTS) is 1. The highest BCUT2D eigenvalue weighted by Gasteiger charge is 2.32. The van der Waals surface area contributed by atoms with E-state index in [9.17, 15) is 14.7 Å². The zero-order chi connectivity index (χ0) is 14.4. The largest absolute Gasteiger partial charge is 0.480 e. The second-order valence-electron chi connectivity index (χ2n) is 4.86. The second kappa shape index (κ2) is 7.30. The Morgan fingerprint density at radius 3 is 2.68 bits per heavy atom. The number of carbonyl (C=O) groups excluding carboxylic acids is 1. The molecule has 4 N–H and O–H groups in total. The summed E-state index contributed by atoms with van der Waals surface area (Å²) in [6.07, 6.45) is 1.90. The zero-order valence-corrected chi connectivity index (χ0v) is 11.1. The van der Waals surface area contributed by atoms with Crippen LogP contribution >= 0.6 is 0 Å². The SMILES string of the molecule is CC(O)C(NC(=O)N1CCCC1CCCO)C(=O)O. The monoisotopic (exact) mass is 274 g/mol. The lowest BCUT2D eigenvalue weighted by Crippen LogP contribution is -2.53. The minimum Gasteiger partial charge on any atom is -0.480 e. The summed E-state index contributed by atoms with van der Waals surface area (Å²) in [5.41, 5.74) is 0. The van der Waals surface area contributed by atoms with Gasteiger partial charge >= 0.3 is 12.0 Å². The molecule has 19 heavy (non-hydrogen) atoms. The summed E-state index contributed by atoms with van der Waals surface area (Å²) >= 11 is 0. The number of carboxylic acids is 1. The molecule has 0 radical (unpaired) electrons. The first-order valence-corrected chi connectivity index (χ1v) is 6.56. The predicted molar refractivity (Wildman–Crippen MR) is 67.7 cm³/mol. The van der Waals surface area contributed by atoms with Gasteiger partial charge in [-0.2, -0.15) is 0 Å². The van der Waals surface area contributed by atoms with Crippen LogP contribution in [0.3, 0.4) is 0 Å². The van der Waals surface area contributed by atoms with Crippen LogP contribution in [-0.4, -0.2) is 63.6 Å². The van der Waals surface area contributed by atoms with E-state index in [0.29, 0.717) is 19.4 Å². The molecule has 0 aromatic rings. The Labute approximate surface area is 112 Å². The number of nitrogens with zero attached hydrogens (tertiary/aromatic N) is 1. The summed E-state index contributed by atoms with van der Waals surface area (Å²) in [6, 6.07) is -1.73. The Bertz CT molecular complexity index is 321. The van der Waals surface area contributed by atoms with Gasteiger partial charge in [0.1, 0.15) is 0 Å². The molecule has 7 nitrogen and oxygen atoms in total. The van der Waals surface area contributed by atoms with Crippen LogP contribution in [0.1, 0.15) is 32.6 Å². The maximum absolute atomic E-state index is 12.0. The van der Waals surface area contributed by atoms with Gasteiger partial charge in [-0.25, -0.2) is 9.59 Å². The lowest BCUT2D eigenvalue weighted by atomic mass is 10.1. The van der Waals surface area contributed by atoms with E-state index in [1.165, 1.54) is 6.92 Å². The molecule has 1 heterocycles. The predicted octanol–water partition coefficient (Wildman–Crippen LogP) is -0.233. The molecule has 1 fully saturated rings. The van der Waals surface area contributed by atoms with Crippen molar-refractivity contribution < 1.29 is 24.9 Å². The fourth-order valence-electron chi connectivity index (χ4n) is 2.33. The van der Waals surface area contributed by atoms with Gasteiger partial charge in [-0.1, -0.05) is 0 Å². The maximum atomic E-state index is 12.0. The van der Waals surface area contributed by atoms with Crippen molar-refractivity contribution in [2.75, 3.05) is 13.2 Å². The first-order valence-electron chi connectivity index (χ1n) is 6.56. The molecule has 1 aliphatic rings. The van der Waals surface area contributed by atoms with E-state index in [-0.39, 0.29) is 12.6 Å². The quantitative estimate of drug-likeness (QED) is 0.534. The first kappa shape index (κ1) is 15.7. The molecular weight excluding hydrogens is 252 g/mol. The van der Waals surface area contributed by atoms with Crippen LogP contribution in [0.25, 0.3) is 0 Å². The Kier molecular flexibility index (Phi) is 6.04. The van der Waals surface area contributed by atoms with Crippen LogP contribution in [0.2, 0.25) is 0 Å². The highest BCUT2D eigenvalue weighted by Crippen LogP contribution is 2.21. The maximum Gasteiger partial charge on any atom is 0.328 e. The van der Waals surface area contributed by atoms with Crippen LogP contribution in [0.4, 0.5) is 4.79 Å². The van der Waals surface area contributed by atoms with Crippen molar-refractivity contribution in [2.45, 2.75) is 50.8 Å². The van der Waals surface area contributed by atoms with Gasteiger partial charge in [0.25, 0.3) is 0 Å². The van der Waals surface area contributed by atoms with E-state index in [2.05, 4.69) is 5.32 Å². The lowest BCUT2D eigenvalue weighted by Gasteiger charge is -2.27. The number of urea groups is 1. The number of aliphatic carboxylic acids is 1. The van der Waals surface area contributed by atoms with Crippen LogP contribution in [0.5, 0.6) is 0 Å². The molecular formula is C12H22N2O5. The van der Waals surface area contributed by atoms with E-state index >= 15 is 0 Å². The number of hydrogen-bond acceptors (Lipinski definition) is 4. The van der Waals surface area contributed by atoms with Crippen molar-refractivity contribution >= 4 is 12.0 Å². The van der Waals surface area contributed by atoms with Gasteiger partial charge in [-0.3, -0.25) is 0 Å². The van der Waals surface area contributed by atoms with E-state index < -0.39 is 24.1 Å². The fourth-order valence-corrected chi connectivity index (χ4v) is 2.33. The third-order valence-electron chi connectivity index (χ3n) is 3.36. The topological polar surface area (TPSA) is 110 Å². The summed E-state index contributed by atoms with van der Waals surface area (Å²) in [5.74, 6) is -1.26. The summed E-state index contributed by atoms with van der Waals surface area (Å²) in [6.45, 7) is 1.98. The average molecular weight is 274 g/mol. The van der Waals surface area contributed by atoms with Gasteiger partial charge in [0.05, 0.1) is 6.10 Å². The molecule has 0 spiro atoms. The third kappa shape index (κ3) is 4.36. The standard InChI is InChI=1S/C12H22N2O5/c1-8(16)10(11(17)18)13-12(19)14-6-2-4-9(14)5-3-7-15/h8-10,15-16H,2-7H2,1H3,(H,13,19)(H,17,18). The number of aliphatic hydroxyl groups is 2. The number of hydrogen-bond donors (Lipinski definition) is 4. The van der Waals surface area contributed by atoms with Gasteiger partial charge in [0, 0.05) is 19.2 Å². The first-order chi connectivity index (χ1) is 8.97. The number of likely N-dealkylation sites (tertiary alicyclic amines) is 1. The summed E-state index contributed by atoms with van der Waals surface area (Å²) in [5, 5.41) is 29.4. The Morgan fingerprint density at radius 2 is 2.16 bits per heavy atom. The minimum absolute atomic E-state index is 0.0376. The van der Waals surface area contributed by atoms with E-state index in [1.54, 1.807) is 4.90 Å². The molecule has 1 aliphatic heterocycles. The van der Waals surface area contributed by atoms with Crippen molar-refractivity contribution in [3.05, 3.63) is 0 Å². The highest BCUT2D eigenvalue weighted by atomic mass is 16.4. The number of aliphatic hydroxyl groups excluding tert-OH is 2. The number of rotatable bonds is 6. The molecule has 3 atom stereocenters. The highest BCUT2D eigenvalue weighted by molar-refractivity contribution is 5.83. The van der Waals surface area contributed by atoms with Crippen molar-refractivity contribution in [1.82, 2.24) is 10.2 Å². The van der Waals surface area contributed by atoms with Crippen molar-refractivity contribution in [3.8, 4) is 0 Å². The van der Waals surface area contributed by atoms with Crippen molar-refractivity contribution in [1.29, 1.82) is 0 Å². The Balaban J connectivity index is 2.58. The van der Waals surface area contributed by atoms with Gasteiger partial charge in [0.2, 0.25) is 0 Å². The van der Waals surface area contributed by atoms with E-state index in [1.807, 2.05) is 0 Å². The summed E-state index contributed by atoms with van der Waals surface area (Å²) < 4.78 is 0. The second-order valence-corrected chi connectivity index (χ2v) is 4.86. The molecule has 0 aliphatic carbocycles. The lowest BCUT2D eigenvalue weighted by molar-refractivity contribution is -0.141. The average Bonchev–Trinajstić information content (AvgIpc) is 2.80. The molecule has 0 aromatic heterocycles. The van der Waals surface area contributed by atoms with Gasteiger partial charge in [-0.05, 0) is 32.6 Å². The summed E-state index contributed by atoms with van der Waals surface area (Å²) in [4.78, 5) is 24.5. The fraction of sp³-hybridized carbons (Fsp3) is 0.833. The van der Waals surface area contributed by atoms with Crippen LogP contribution in [0.15, 0.2) is 0 Å². The molecule has 1 saturated heterocycles. The van der Waals surface area contributed by atoms with Crippen molar-refractivity contribution in [3.63, 3.8) is 0 Å². The van der Waals surface area contributed by atoms with E-state index in [0.717, 1.165) is 12.8 Å². The molecule has 0 aromatic carbocycles. The van der Waals surface area contributed by atoms with Crippen LogP contribution < -0.4 is 5.32 Å². The zero-order valence-electron chi connectivity index (χ0n) is 11.1. The summed E-state index contributed by atoms with van der Waals surface area (Å²) in [7, 11) is 0. The van der Waals surface area contributed by atoms with Gasteiger partial charge in [0.15, 0.2) is 6.04 Å². The number of nitrogens with one attached hydrogen (secondary N) is 1. The van der Waals surface area contributed by atoms with Gasteiger partial charge < -0.3 is 25.5 Å². The molecule has 1 rings (SSSR count). The van der Waals surface area contributed by atoms with Gasteiger partial charge in [-0.15, -0.1) is 0 Å². The molecule has 110 valence electrons. The molecule has 2 amide bonds. The molecule has 7 heteroatoms. The van der Waals surface area contributed by atoms with E-state index in [4.69, 9.17) is 10.2 Å². The van der Waals surface area contributed by atoms with Crippen LogP contribution in [0, 0.1) is 0 Å². The number of carbonyl (C=O) groups is 2. The Morgan fingerprint density at radius 1 is 1.47 bits per heavy atom. The number of amides is 2. The normalized spacial score (nSPS) is 22.1. The third-order valence-corrected chi connectivity index (χ3v) is 3.36. The van der Waals surface area contributed by atoms with Crippen LogP contribution in [-0.2, 0) is 4.79 Å². The molecule has 0 saturated carbocycles. The smallest absolute Gasteiger partial charge is 0.328 e.